The van der Waals surface area contributed by atoms with Gasteiger partial charge in [-0.15, -0.1) is 6.42 Å². The Bertz CT molecular complexity index is 730. The largest absolute Gasteiger partial charge is 0.459 e. The van der Waals surface area contributed by atoms with E-state index in [0.29, 0.717) is 18.8 Å². The molecule has 1 amide bonds. The van der Waals surface area contributed by atoms with Gasteiger partial charge in [-0.2, -0.15) is 0 Å². The van der Waals surface area contributed by atoms with E-state index in [2.05, 4.69) is 11.2 Å². The van der Waals surface area contributed by atoms with Crippen molar-refractivity contribution in [2.45, 2.75) is 57.3 Å². The molecule has 0 radical (unpaired) electrons. The molecule has 1 aliphatic carbocycles. The zero-order valence-corrected chi connectivity index (χ0v) is 16.4. The Hall–Kier alpha value is -2.29. The summed E-state index contributed by atoms with van der Waals surface area (Å²) < 4.78 is 11.8. The van der Waals surface area contributed by atoms with Crippen molar-refractivity contribution in [1.82, 2.24) is 5.32 Å². The molecular formula is C23H29NO4. The number of aliphatic hydroxyl groups is 1. The average Bonchev–Trinajstić information content (AvgIpc) is 2.69. The lowest BCUT2D eigenvalue weighted by Crippen LogP contribution is -2.43. The number of carbonyl (C=O) groups excluding carboxylic acids is 1. The number of hydrogen-bond donors (Lipinski definition) is 2. The van der Waals surface area contributed by atoms with Crippen molar-refractivity contribution in [3.05, 3.63) is 47.2 Å². The van der Waals surface area contributed by atoms with Gasteiger partial charge in [-0.25, -0.2) is 0 Å². The van der Waals surface area contributed by atoms with E-state index in [1.165, 1.54) is 0 Å². The molecule has 2 aliphatic rings. The van der Waals surface area contributed by atoms with E-state index in [-0.39, 0.29) is 30.4 Å². The lowest BCUT2D eigenvalue weighted by molar-refractivity contribution is -0.167. The van der Waals surface area contributed by atoms with Gasteiger partial charge in [0.1, 0.15) is 0 Å². The summed E-state index contributed by atoms with van der Waals surface area (Å²) in [6.45, 7) is 2.51. The zero-order valence-electron chi connectivity index (χ0n) is 16.4. The molecule has 0 unspecified atom stereocenters. The molecule has 1 aromatic rings. The first-order valence-corrected chi connectivity index (χ1v) is 10.1. The Kier molecular flexibility index (Phi) is 7.13. The van der Waals surface area contributed by atoms with Gasteiger partial charge in [0.15, 0.2) is 5.76 Å². The van der Waals surface area contributed by atoms with Crippen molar-refractivity contribution in [2.24, 2.45) is 5.92 Å². The fraction of sp³-hybridized carbons (Fsp3) is 0.522. The third-order valence-electron chi connectivity index (χ3n) is 5.54. The summed E-state index contributed by atoms with van der Waals surface area (Å²) in [4.78, 5) is 12.7. The van der Waals surface area contributed by atoms with E-state index in [1.54, 1.807) is 0 Å². The highest BCUT2D eigenvalue weighted by molar-refractivity contribution is 5.92. The van der Waals surface area contributed by atoms with E-state index < -0.39 is 6.29 Å². The molecule has 5 heteroatoms. The van der Waals surface area contributed by atoms with E-state index >= 15 is 0 Å². The van der Waals surface area contributed by atoms with Crippen LogP contribution in [0.2, 0.25) is 0 Å². The standard InChI is InChI=1S/C23H29NO4/c1-3-16-10-12-17(13-11-16)20-15-21(22(26)24-18-7-5-8-18)28-23(27-4-2)19(20)9-6-14-25/h1,10-13,15,18-20,23,25H,4-9,14H2,2H3,(H,24,26)/t19-,20-,23-/m0/s1. The predicted molar refractivity (Wildman–Crippen MR) is 107 cm³/mol. The van der Waals surface area contributed by atoms with E-state index in [1.807, 2.05) is 37.3 Å². The van der Waals surface area contributed by atoms with E-state index in [4.69, 9.17) is 15.9 Å². The molecule has 1 aromatic carbocycles. The van der Waals surface area contributed by atoms with Crippen molar-refractivity contribution in [1.29, 1.82) is 0 Å². The number of ether oxygens (including phenoxy) is 2. The number of carbonyl (C=O) groups is 1. The first-order chi connectivity index (χ1) is 13.7. The maximum absolute atomic E-state index is 12.7. The number of benzene rings is 1. The summed E-state index contributed by atoms with van der Waals surface area (Å²) in [5.41, 5.74) is 1.87. The first kappa shape index (κ1) is 20.4. The van der Waals surface area contributed by atoms with Gasteiger partial charge in [-0.1, -0.05) is 18.1 Å². The molecule has 1 aliphatic heterocycles. The van der Waals surface area contributed by atoms with Crippen molar-refractivity contribution in [2.75, 3.05) is 13.2 Å². The predicted octanol–water partition coefficient (Wildman–Crippen LogP) is 3.09. The Labute approximate surface area is 167 Å². The van der Waals surface area contributed by atoms with Crippen molar-refractivity contribution in [3.8, 4) is 12.3 Å². The maximum Gasteiger partial charge on any atom is 0.286 e. The Morgan fingerprint density at radius 1 is 1.36 bits per heavy atom. The number of hydrogen-bond acceptors (Lipinski definition) is 4. The van der Waals surface area contributed by atoms with Gasteiger partial charge in [0.2, 0.25) is 6.29 Å². The summed E-state index contributed by atoms with van der Waals surface area (Å²) in [5.74, 6) is 2.72. The SMILES string of the molecule is C#Cc1ccc([C@@H]2C=C(C(=O)NC3CCC3)O[C@H](OCC)[C@H]2CCCO)cc1. The number of allylic oxidation sites excluding steroid dienone is 1. The Balaban J connectivity index is 1.90. The second-order valence-corrected chi connectivity index (χ2v) is 7.40. The minimum Gasteiger partial charge on any atom is -0.459 e. The van der Waals surface area contributed by atoms with Crippen LogP contribution in [-0.4, -0.2) is 36.6 Å². The average molecular weight is 383 g/mol. The number of terminal acetylenes is 1. The van der Waals surface area contributed by atoms with Crippen LogP contribution in [0.1, 0.15) is 56.1 Å². The fourth-order valence-corrected chi connectivity index (χ4v) is 3.76. The van der Waals surface area contributed by atoms with Crippen LogP contribution in [-0.2, 0) is 14.3 Å². The lowest BCUT2D eigenvalue weighted by atomic mass is 9.80. The van der Waals surface area contributed by atoms with Gasteiger partial charge in [0, 0.05) is 36.7 Å². The number of nitrogens with one attached hydrogen (secondary N) is 1. The minimum atomic E-state index is -0.527. The van der Waals surface area contributed by atoms with Crippen LogP contribution in [0.3, 0.4) is 0 Å². The van der Waals surface area contributed by atoms with Gasteiger partial charge in [0.05, 0.1) is 0 Å². The summed E-state index contributed by atoms with van der Waals surface area (Å²) in [6, 6.07) is 8.05. The minimum absolute atomic E-state index is 0.00374. The molecule has 1 heterocycles. The van der Waals surface area contributed by atoms with Crippen LogP contribution < -0.4 is 5.32 Å². The highest BCUT2D eigenvalue weighted by Gasteiger charge is 2.38. The van der Waals surface area contributed by atoms with Crippen LogP contribution in [0.15, 0.2) is 36.1 Å². The number of aliphatic hydroxyl groups excluding tert-OH is 1. The molecule has 0 bridgehead atoms. The molecule has 1 saturated carbocycles. The van der Waals surface area contributed by atoms with E-state index in [0.717, 1.165) is 36.8 Å². The fourth-order valence-electron chi connectivity index (χ4n) is 3.76. The molecule has 0 spiro atoms. The van der Waals surface area contributed by atoms with Crippen LogP contribution in [0.25, 0.3) is 0 Å². The third-order valence-corrected chi connectivity index (χ3v) is 5.54. The molecule has 0 aromatic heterocycles. The van der Waals surface area contributed by atoms with Crippen molar-refractivity contribution < 1.29 is 19.4 Å². The summed E-state index contributed by atoms with van der Waals surface area (Å²) in [6.07, 6.45) is 11.4. The highest BCUT2D eigenvalue weighted by Crippen LogP contribution is 2.39. The van der Waals surface area contributed by atoms with Crippen LogP contribution >= 0.6 is 0 Å². The van der Waals surface area contributed by atoms with Crippen LogP contribution in [0.5, 0.6) is 0 Å². The summed E-state index contributed by atoms with van der Waals surface area (Å²) >= 11 is 0. The van der Waals surface area contributed by atoms with Gasteiger partial charge >= 0.3 is 0 Å². The number of amides is 1. The molecule has 2 N–H and O–H groups in total. The second-order valence-electron chi connectivity index (χ2n) is 7.40. The van der Waals surface area contributed by atoms with Crippen LogP contribution in [0, 0.1) is 18.3 Å². The molecule has 3 atom stereocenters. The molecule has 0 saturated heterocycles. The van der Waals surface area contributed by atoms with E-state index in [9.17, 15) is 9.90 Å². The normalized spacial score (nSPS) is 24.5. The van der Waals surface area contributed by atoms with Gasteiger partial charge in [-0.3, -0.25) is 4.79 Å². The highest BCUT2D eigenvalue weighted by atomic mass is 16.7. The van der Waals surface area contributed by atoms with Gasteiger partial charge < -0.3 is 19.9 Å². The van der Waals surface area contributed by atoms with Crippen molar-refractivity contribution in [3.63, 3.8) is 0 Å². The smallest absolute Gasteiger partial charge is 0.286 e. The quantitative estimate of drug-likeness (QED) is 0.677. The summed E-state index contributed by atoms with van der Waals surface area (Å²) in [5, 5.41) is 12.4. The second kappa shape index (κ2) is 9.77. The zero-order chi connectivity index (χ0) is 19.9. The molecule has 1 fully saturated rings. The monoisotopic (exact) mass is 383 g/mol. The molecule has 3 rings (SSSR count). The Morgan fingerprint density at radius 3 is 2.68 bits per heavy atom. The number of rotatable bonds is 8. The lowest BCUT2D eigenvalue weighted by Gasteiger charge is -2.37. The van der Waals surface area contributed by atoms with Crippen LogP contribution in [0.4, 0.5) is 0 Å². The molecule has 28 heavy (non-hydrogen) atoms. The van der Waals surface area contributed by atoms with Gasteiger partial charge in [-0.05, 0) is 62.8 Å². The molecular weight excluding hydrogens is 354 g/mol. The maximum atomic E-state index is 12.7. The molecule has 150 valence electrons. The third kappa shape index (κ3) is 4.76. The van der Waals surface area contributed by atoms with Gasteiger partial charge in [0.25, 0.3) is 5.91 Å². The van der Waals surface area contributed by atoms with Crippen molar-refractivity contribution >= 4 is 5.91 Å². The summed E-state index contributed by atoms with van der Waals surface area (Å²) in [7, 11) is 0. The molecule has 5 nitrogen and oxygen atoms in total. The topological polar surface area (TPSA) is 67.8 Å². The first-order valence-electron chi connectivity index (χ1n) is 10.1. The Morgan fingerprint density at radius 2 is 2.11 bits per heavy atom.